The summed E-state index contributed by atoms with van der Waals surface area (Å²) in [6.45, 7) is 1.53. The summed E-state index contributed by atoms with van der Waals surface area (Å²) in [6, 6.07) is 26.5. The van der Waals surface area contributed by atoms with E-state index >= 15 is 0 Å². The van der Waals surface area contributed by atoms with Gasteiger partial charge in [-0.2, -0.15) is 0 Å². The molecule has 4 aromatic carbocycles. The van der Waals surface area contributed by atoms with Gasteiger partial charge >= 0.3 is 12.1 Å². The maximum absolute atomic E-state index is 13.3. The smallest absolute Gasteiger partial charge is 0.321 e. The summed E-state index contributed by atoms with van der Waals surface area (Å²) in [5.41, 5.74) is 2.62. The Balaban J connectivity index is 0.950. The van der Waals surface area contributed by atoms with Crippen LogP contribution in [0.1, 0.15) is 47.9 Å². The highest BCUT2D eigenvalue weighted by molar-refractivity contribution is 5.90. The van der Waals surface area contributed by atoms with E-state index in [9.17, 15) is 28.6 Å². The maximum Gasteiger partial charge on any atom is 0.321 e. The number of piperidine rings is 2. The van der Waals surface area contributed by atoms with Crippen LogP contribution in [0, 0.1) is 11.6 Å². The van der Waals surface area contributed by atoms with E-state index < -0.39 is 11.2 Å². The zero-order valence-electron chi connectivity index (χ0n) is 26.0. The largest absolute Gasteiger partial charge is 0.385 e. The predicted octanol–water partition coefficient (Wildman–Crippen LogP) is 6.59. The molecule has 0 saturated carbocycles. The third-order valence-electron chi connectivity index (χ3n) is 9.34. The van der Waals surface area contributed by atoms with Crippen LogP contribution >= 0.6 is 0 Å². The van der Waals surface area contributed by atoms with E-state index in [1.165, 1.54) is 24.3 Å². The maximum atomic E-state index is 13.3. The van der Waals surface area contributed by atoms with Gasteiger partial charge in [0.15, 0.2) is 0 Å². The molecule has 4 amide bonds. The molecule has 2 fully saturated rings. The minimum absolute atomic E-state index is 0.232. The Morgan fingerprint density at radius 3 is 1.19 bits per heavy atom. The van der Waals surface area contributed by atoms with Crippen molar-refractivity contribution in [1.29, 1.82) is 0 Å². The summed E-state index contributed by atoms with van der Waals surface area (Å²) in [6.07, 6.45) is 2.15. The lowest BCUT2D eigenvalue weighted by Gasteiger charge is -2.38. The van der Waals surface area contributed by atoms with Crippen molar-refractivity contribution in [3.63, 3.8) is 0 Å². The Hall–Kier alpha value is -4.80. The summed E-state index contributed by atoms with van der Waals surface area (Å²) in [4.78, 5) is 29.1. The Kier molecular flexibility index (Phi) is 9.24. The minimum atomic E-state index is -1.08. The zero-order chi connectivity index (χ0) is 33.0. The molecule has 10 heteroatoms. The van der Waals surface area contributed by atoms with Crippen LogP contribution in [0.15, 0.2) is 97.1 Å². The number of hydrogen-bond donors (Lipinski definition) is 4. The van der Waals surface area contributed by atoms with Crippen molar-refractivity contribution in [1.82, 2.24) is 9.80 Å². The van der Waals surface area contributed by atoms with Crippen molar-refractivity contribution in [3.05, 3.63) is 131 Å². The first-order valence-corrected chi connectivity index (χ1v) is 15.9. The molecule has 2 aliphatic heterocycles. The highest BCUT2D eigenvalue weighted by atomic mass is 19.1. The lowest BCUT2D eigenvalue weighted by atomic mass is 9.84. The lowest BCUT2D eigenvalue weighted by molar-refractivity contribution is -0.0162. The first kappa shape index (κ1) is 32.2. The average Bonchev–Trinajstić information content (AvgIpc) is 3.07. The number of hydrogen-bond acceptors (Lipinski definition) is 4. The van der Waals surface area contributed by atoms with Crippen molar-refractivity contribution < 1.29 is 28.6 Å². The fourth-order valence-electron chi connectivity index (χ4n) is 6.31. The average molecular weight is 641 g/mol. The molecule has 0 radical (unpaired) electrons. The number of rotatable bonds is 6. The highest BCUT2D eigenvalue weighted by Crippen LogP contribution is 2.34. The summed E-state index contributed by atoms with van der Waals surface area (Å²) in [5.74, 6) is -0.703. The molecular weight excluding hydrogens is 602 g/mol. The molecule has 47 heavy (non-hydrogen) atoms. The fraction of sp³-hybridized carbons (Fsp3) is 0.297. The molecule has 0 spiro atoms. The van der Waals surface area contributed by atoms with Crippen LogP contribution in [-0.2, 0) is 17.6 Å². The molecule has 244 valence electrons. The van der Waals surface area contributed by atoms with Crippen molar-refractivity contribution >= 4 is 23.4 Å². The number of aliphatic hydroxyl groups is 2. The van der Waals surface area contributed by atoms with Gasteiger partial charge < -0.3 is 30.6 Å². The van der Waals surface area contributed by atoms with Crippen LogP contribution in [0.25, 0.3) is 0 Å². The predicted molar refractivity (Wildman–Crippen MR) is 176 cm³/mol. The van der Waals surface area contributed by atoms with Crippen LogP contribution in [0.5, 0.6) is 0 Å². The van der Waals surface area contributed by atoms with Crippen LogP contribution in [-0.4, -0.2) is 58.3 Å². The topological polar surface area (TPSA) is 105 Å². The third kappa shape index (κ3) is 7.61. The summed E-state index contributed by atoms with van der Waals surface area (Å²) < 4.78 is 26.6. The summed E-state index contributed by atoms with van der Waals surface area (Å²) in [5, 5.41) is 27.9. The zero-order valence-corrected chi connectivity index (χ0v) is 26.0. The molecule has 0 unspecified atom stereocenters. The molecule has 0 aliphatic carbocycles. The molecule has 2 saturated heterocycles. The molecule has 8 nitrogen and oxygen atoms in total. The molecule has 4 N–H and O–H groups in total. The van der Waals surface area contributed by atoms with Gasteiger partial charge in [0.05, 0.1) is 11.2 Å². The molecule has 2 aliphatic rings. The standard InChI is InChI=1S/C37H38F2N4O4/c38-30-9-5-28(6-10-30)36(46)17-21-42(22-18-36)34(44)40-32-13-1-26(2-14-32)25-27-3-15-33(16-4-27)41-35(45)43-23-19-37(47,20-24-43)29-7-11-31(39)12-8-29/h1-16,46-47H,17-25H2,(H,40,44)(H,41,45). The second kappa shape index (κ2) is 13.5. The molecule has 0 bridgehead atoms. The van der Waals surface area contributed by atoms with E-state index in [2.05, 4.69) is 10.6 Å². The number of anilines is 2. The molecule has 0 aromatic heterocycles. The van der Waals surface area contributed by atoms with Crippen molar-refractivity contribution in [2.45, 2.75) is 43.3 Å². The van der Waals surface area contributed by atoms with Gasteiger partial charge in [0.1, 0.15) is 11.6 Å². The van der Waals surface area contributed by atoms with Gasteiger partial charge in [0.2, 0.25) is 0 Å². The van der Waals surface area contributed by atoms with E-state index in [4.69, 9.17) is 0 Å². The van der Waals surface area contributed by atoms with E-state index in [1.807, 2.05) is 48.5 Å². The van der Waals surface area contributed by atoms with E-state index in [0.29, 0.717) is 80.8 Å². The Labute approximate surface area is 272 Å². The van der Waals surface area contributed by atoms with Crippen LogP contribution in [0.2, 0.25) is 0 Å². The van der Waals surface area contributed by atoms with Gasteiger partial charge in [-0.15, -0.1) is 0 Å². The Bertz CT molecular complexity index is 1550. The quantitative estimate of drug-likeness (QED) is 0.191. The molecule has 4 aromatic rings. The number of nitrogens with zero attached hydrogens (tertiary/aromatic N) is 2. The fourth-order valence-corrected chi connectivity index (χ4v) is 6.31. The second-order valence-corrected chi connectivity index (χ2v) is 12.5. The second-order valence-electron chi connectivity index (χ2n) is 12.5. The summed E-state index contributed by atoms with van der Waals surface area (Å²) >= 11 is 0. The minimum Gasteiger partial charge on any atom is -0.385 e. The number of nitrogens with one attached hydrogen (secondary N) is 2. The van der Waals surface area contributed by atoms with Crippen molar-refractivity contribution in [2.75, 3.05) is 36.8 Å². The van der Waals surface area contributed by atoms with Crippen molar-refractivity contribution in [3.8, 4) is 0 Å². The van der Waals surface area contributed by atoms with Gasteiger partial charge in [-0.05, 0) is 103 Å². The van der Waals surface area contributed by atoms with Gasteiger partial charge in [0, 0.05) is 37.6 Å². The van der Waals surface area contributed by atoms with Gasteiger partial charge in [-0.1, -0.05) is 48.5 Å². The monoisotopic (exact) mass is 640 g/mol. The number of halogens is 2. The van der Waals surface area contributed by atoms with Crippen LogP contribution < -0.4 is 10.6 Å². The first-order chi connectivity index (χ1) is 22.6. The number of urea groups is 2. The number of benzene rings is 4. The van der Waals surface area contributed by atoms with Crippen LogP contribution in [0.3, 0.4) is 0 Å². The molecule has 0 atom stereocenters. The van der Waals surface area contributed by atoms with E-state index in [0.717, 1.165) is 11.1 Å². The number of carbonyl (C=O) groups excluding carboxylic acids is 2. The van der Waals surface area contributed by atoms with Crippen LogP contribution in [0.4, 0.5) is 29.7 Å². The highest BCUT2D eigenvalue weighted by Gasteiger charge is 2.36. The van der Waals surface area contributed by atoms with E-state index in [1.54, 1.807) is 34.1 Å². The Morgan fingerprint density at radius 1 is 0.553 bits per heavy atom. The van der Waals surface area contributed by atoms with E-state index in [-0.39, 0.29) is 23.7 Å². The van der Waals surface area contributed by atoms with Gasteiger partial charge in [-0.3, -0.25) is 0 Å². The SMILES string of the molecule is O=C(Nc1ccc(Cc2ccc(NC(=O)N3CCC(O)(c4ccc(F)cc4)CC3)cc2)cc1)N1CCC(O)(c2ccc(F)cc2)CC1. The number of amides is 4. The third-order valence-corrected chi connectivity index (χ3v) is 9.34. The van der Waals surface area contributed by atoms with Crippen molar-refractivity contribution in [2.24, 2.45) is 0 Å². The first-order valence-electron chi connectivity index (χ1n) is 15.9. The summed E-state index contributed by atoms with van der Waals surface area (Å²) in [7, 11) is 0. The normalized spacial score (nSPS) is 17.2. The van der Waals surface area contributed by atoms with Gasteiger partial charge in [0.25, 0.3) is 0 Å². The molecule has 2 heterocycles. The molecule has 6 rings (SSSR count). The lowest BCUT2D eigenvalue weighted by Crippen LogP contribution is -2.46. The number of likely N-dealkylation sites (tertiary alicyclic amines) is 2. The van der Waals surface area contributed by atoms with Gasteiger partial charge in [-0.25, -0.2) is 18.4 Å². The number of carbonyl (C=O) groups is 2. The Morgan fingerprint density at radius 2 is 0.872 bits per heavy atom. The molecular formula is C37H38F2N4O4.